The van der Waals surface area contributed by atoms with Crippen molar-refractivity contribution in [2.24, 2.45) is 0 Å². The van der Waals surface area contributed by atoms with Gasteiger partial charge in [0.1, 0.15) is 18.2 Å². The normalized spacial score (nSPS) is 9.65. The van der Waals surface area contributed by atoms with Crippen LogP contribution in [0.1, 0.15) is 19.4 Å². The first-order valence-corrected chi connectivity index (χ1v) is 7.00. The molecule has 0 aliphatic heterocycles. The van der Waals surface area contributed by atoms with Crippen LogP contribution in [0.3, 0.4) is 0 Å². The van der Waals surface area contributed by atoms with Crippen LogP contribution < -0.4 is 19.9 Å². The fraction of sp³-hybridized carbons (Fsp3) is 0.312. The highest BCUT2D eigenvalue weighted by atomic mass is 19.1. The number of benzene rings is 1. The van der Waals surface area contributed by atoms with Crippen molar-refractivity contribution < 1.29 is 23.0 Å². The number of nitrogen functional groups attached to an aromatic ring is 1. The Balaban J connectivity index is 0.00000127. The van der Waals surface area contributed by atoms with Gasteiger partial charge in [0.05, 0.1) is 26.0 Å². The number of hydrogen-bond acceptors (Lipinski definition) is 5. The summed E-state index contributed by atoms with van der Waals surface area (Å²) in [5, 5.41) is 0. The molecular weight excluding hydrogens is 306 g/mol. The highest BCUT2D eigenvalue weighted by Crippen LogP contribution is 2.31. The van der Waals surface area contributed by atoms with E-state index in [1.807, 2.05) is 13.8 Å². The van der Waals surface area contributed by atoms with E-state index in [1.54, 1.807) is 6.07 Å². The van der Waals surface area contributed by atoms with Crippen LogP contribution in [0.2, 0.25) is 0 Å². The summed E-state index contributed by atoms with van der Waals surface area (Å²) < 4.78 is 43.1. The third-order valence-electron chi connectivity index (χ3n) is 2.81. The molecule has 0 fully saturated rings. The van der Waals surface area contributed by atoms with E-state index in [0.29, 0.717) is 11.6 Å². The number of anilines is 1. The fourth-order valence-electron chi connectivity index (χ4n) is 1.70. The van der Waals surface area contributed by atoms with E-state index in [1.165, 1.54) is 26.5 Å². The Morgan fingerprint density at radius 1 is 1.04 bits per heavy atom. The van der Waals surface area contributed by atoms with Gasteiger partial charge in [0, 0.05) is 6.07 Å². The smallest absolute Gasteiger partial charge is 0.174 e. The molecule has 0 bridgehead atoms. The Labute approximate surface area is 134 Å². The van der Waals surface area contributed by atoms with Gasteiger partial charge in [-0.15, -0.1) is 0 Å². The van der Waals surface area contributed by atoms with Crippen LogP contribution in [0.4, 0.5) is 14.6 Å². The van der Waals surface area contributed by atoms with Crippen LogP contribution in [0.25, 0.3) is 0 Å². The Hall–Kier alpha value is -2.57. The number of halogens is 2. The first kappa shape index (κ1) is 18.5. The van der Waals surface area contributed by atoms with Crippen molar-refractivity contribution in [2.45, 2.75) is 20.5 Å². The Bertz CT molecular complexity index is 606. The Morgan fingerprint density at radius 3 is 2.04 bits per heavy atom. The molecule has 0 saturated heterocycles. The molecule has 23 heavy (non-hydrogen) atoms. The minimum atomic E-state index is -0.834. The van der Waals surface area contributed by atoms with Gasteiger partial charge in [-0.25, -0.2) is 13.8 Å². The van der Waals surface area contributed by atoms with Crippen molar-refractivity contribution in [3.8, 4) is 17.2 Å². The van der Waals surface area contributed by atoms with Crippen molar-refractivity contribution in [1.29, 1.82) is 0 Å². The molecule has 0 spiro atoms. The van der Waals surface area contributed by atoms with E-state index < -0.39 is 11.6 Å². The molecule has 7 heteroatoms. The highest BCUT2D eigenvalue weighted by Gasteiger charge is 2.20. The molecule has 0 radical (unpaired) electrons. The zero-order chi connectivity index (χ0) is 17.4. The maximum atomic E-state index is 14.1. The zero-order valence-corrected chi connectivity index (χ0v) is 13.5. The lowest BCUT2D eigenvalue weighted by Gasteiger charge is -2.13. The maximum absolute atomic E-state index is 14.1. The summed E-state index contributed by atoms with van der Waals surface area (Å²) in [6.07, 6.45) is 1.36. The molecule has 1 aromatic carbocycles. The van der Waals surface area contributed by atoms with Gasteiger partial charge in [0.15, 0.2) is 23.1 Å². The fourth-order valence-corrected chi connectivity index (χ4v) is 1.70. The molecule has 0 amide bonds. The second-order valence-corrected chi connectivity index (χ2v) is 4.10. The average molecular weight is 326 g/mol. The Kier molecular flexibility index (Phi) is 7.05. The summed E-state index contributed by atoms with van der Waals surface area (Å²) >= 11 is 0. The lowest BCUT2D eigenvalue weighted by Crippen LogP contribution is -2.06. The monoisotopic (exact) mass is 326 g/mol. The van der Waals surface area contributed by atoms with Crippen LogP contribution in [0, 0.1) is 11.6 Å². The first-order chi connectivity index (χ1) is 11.1. The number of nitrogens with zero attached hydrogens (tertiary/aromatic N) is 1. The number of aromatic nitrogens is 1. The van der Waals surface area contributed by atoms with Gasteiger partial charge in [-0.1, -0.05) is 13.8 Å². The van der Waals surface area contributed by atoms with Crippen LogP contribution in [-0.4, -0.2) is 19.2 Å². The molecule has 5 nitrogen and oxygen atoms in total. The van der Waals surface area contributed by atoms with E-state index in [2.05, 4.69) is 4.98 Å². The second kappa shape index (κ2) is 8.77. The Morgan fingerprint density at radius 2 is 1.61 bits per heavy atom. The van der Waals surface area contributed by atoms with Gasteiger partial charge in [-0.05, 0) is 12.1 Å². The molecule has 1 heterocycles. The number of methoxy groups -OCH3 is 2. The largest absolute Gasteiger partial charge is 0.494 e. The molecule has 2 rings (SSSR count). The minimum Gasteiger partial charge on any atom is -0.494 e. The number of nitrogens with two attached hydrogens (primary N) is 1. The third-order valence-corrected chi connectivity index (χ3v) is 2.81. The molecule has 0 aliphatic rings. The van der Waals surface area contributed by atoms with Gasteiger partial charge in [-0.3, -0.25) is 0 Å². The van der Waals surface area contributed by atoms with Crippen LogP contribution in [0.15, 0.2) is 24.4 Å². The third kappa shape index (κ3) is 4.45. The van der Waals surface area contributed by atoms with Crippen molar-refractivity contribution in [3.05, 3.63) is 41.6 Å². The van der Waals surface area contributed by atoms with Crippen LogP contribution >= 0.6 is 0 Å². The standard InChI is InChI=1S/C14H14F2N2O3.C2H6/c1-19-10-5-11(20-2)14(16)9(13(10)15)7-21-8-3-4-12(17)18-6-8;1-2/h3-6H,7H2,1-2H3,(H2,17,18);1-2H3. The van der Waals surface area contributed by atoms with Gasteiger partial charge >= 0.3 is 0 Å². The lowest BCUT2D eigenvalue weighted by molar-refractivity contribution is 0.281. The van der Waals surface area contributed by atoms with Gasteiger partial charge in [-0.2, -0.15) is 0 Å². The van der Waals surface area contributed by atoms with Gasteiger partial charge in [0.25, 0.3) is 0 Å². The van der Waals surface area contributed by atoms with E-state index in [4.69, 9.17) is 19.9 Å². The van der Waals surface area contributed by atoms with Crippen LogP contribution in [0.5, 0.6) is 17.2 Å². The predicted octanol–water partition coefficient (Wildman–Crippen LogP) is 3.56. The number of pyridine rings is 1. The zero-order valence-electron chi connectivity index (χ0n) is 13.5. The van der Waals surface area contributed by atoms with E-state index in [9.17, 15) is 8.78 Å². The van der Waals surface area contributed by atoms with Crippen molar-refractivity contribution in [3.63, 3.8) is 0 Å². The number of ether oxygens (including phenoxy) is 3. The van der Waals surface area contributed by atoms with Gasteiger partial charge in [0.2, 0.25) is 0 Å². The molecule has 2 aromatic rings. The van der Waals surface area contributed by atoms with Crippen molar-refractivity contribution >= 4 is 5.82 Å². The summed E-state index contributed by atoms with van der Waals surface area (Å²) in [6, 6.07) is 4.21. The first-order valence-electron chi connectivity index (χ1n) is 7.00. The summed E-state index contributed by atoms with van der Waals surface area (Å²) in [7, 11) is 2.56. The molecule has 0 saturated carbocycles. The number of rotatable bonds is 5. The van der Waals surface area contributed by atoms with Crippen molar-refractivity contribution in [1.82, 2.24) is 4.98 Å². The molecule has 1 aromatic heterocycles. The molecule has 2 N–H and O–H groups in total. The van der Waals surface area contributed by atoms with Gasteiger partial charge < -0.3 is 19.9 Å². The molecular formula is C16H20F2N2O3. The molecule has 0 atom stereocenters. The highest BCUT2D eigenvalue weighted by molar-refractivity contribution is 5.42. The van der Waals surface area contributed by atoms with Crippen LogP contribution in [-0.2, 0) is 6.61 Å². The van der Waals surface area contributed by atoms with Crippen molar-refractivity contribution in [2.75, 3.05) is 20.0 Å². The number of hydrogen-bond donors (Lipinski definition) is 1. The summed E-state index contributed by atoms with van der Waals surface area (Å²) in [4.78, 5) is 3.82. The molecule has 0 aliphatic carbocycles. The van der Waals surface area contributed by atoms with E-state index >= 15 is 0 Å². The molecule has 0 unspecified atom stereocenters. The summed E-state index contributed by atoms with van der Waals surface area (Å²) in [5.74, 6) is -1.25. The topological polar surface area (TPSA) is 66.6 Å². The second-order valence-electron chi connectivity index (χ2n) is 4.10. The maximum Gasteiger partial charge on any atom is 0.174 e. The average Bonchev–Trinajstić information content (AvgIpc) is 2.58. The molecule has 126 valence electrons. The lowest BCUT2D eigenvalue weighted by atomic mass is 10.1. The summed E-state index contributed by atoms with van der Waals surface area (Å²) in [5.41, 5.74) is 5.15. The quantitative estimate of drug-likeness (QED) is 0.910. The SMILES string of the molecule is CC.COc1cc(OC)c(F)c(COc2ccc(N)nc2)c1F. The summed E-state index contributed by atoms with van der Waals surface area (Å²) in [6.45, 7) is 3.66. The van der Waals surface area contributed by atoms with E-state index in [0.717, 1.165) is 6.07 Å². The minimum absolute atomic E-state index is 0.123. The van der Waals surface area contributed by atoms with E-state index in [-0.39, 0.29) is 23.7 Å². The predicted molar refractivity (Wildman–Crippen MR) is 83.8 cm³/mol.